The first kappa shape index (κ1) is 13.3. The first-order valence-electron chi connectivity index (χ1n) is 6.14. The molecule has 0 aliphatic heterocycles. The Morgan fingerprint density at radius 3 is 2.39 bits per heavy atom. The van der Waals surface area contributed by atoms with Crippen LogP contribution < -0.4 is 11.5 Å². The third-order valence-electron chi connectivity index (χ3n) is 3.40. The third kappa shape index (κ3) is 2.48. The van der Waals surface area contributed by atoms with Gasteiger partial charge in [0.2, 0.25) is 0 Å². The van der Waals surface area contributed by atoms with Crippen LogP contribution in [0.1, 0.15) is 28.8 Å². The van der Waals surface area contributed by atoms with E-state index in [4.69, 9.17) is 11.5 Å². The summed E-state index contributed by atoms with van der Waals surface area (Å²) in [6.45, 7) is 4.63. The van der Waals surface area contributed by atoms with Gasteiger partial charge in [0, 0.05) is 22.9 Å². The molecule has 18 heavy (non-hydrogen) atoms. The van der Waals surface area contributed by atoms with E-state index in [1.165, 1.54) is 16.0 Å². The highest BCUT2D eigenvalue weighted by Gasteiger charge is 2.33. The van der Waals surface area contributed by atoms with Crippen LogP contribution in [0, 0.1) is 6.92 Å². The van der Waals surface area contributed by atoms with Crippen LogP contribution in [0.25, 0.3) is 0 Å². The van der Waals surface area contributed by atoms with Crippen molar-refractivity contribution in [1.29, 1.82) is 0 Å². The molecule has 0 amide bonds. The van der Waals surface area contributed by atoms with Gasteiger partial charge >= 0.3 is 0 Å². The van der Waals surface area contributed by atoms with Crippen molar-refractivity contribution >= 4 is 11.3 Å². The average molecular weight is 260 g/mol. The molecular formula is C15H20N2S. The zero-order chi connectivity index (χ0) is 13.2. The van der Waals surface area contributed by atoms with Gasteiger partial charge in [-0.05, 0) is 36.4 Å². The van der Waals surface area contributed by atoms with E-state index in [0.29, 0.717) is 6.54 Å². The minimum absolute atomic E-state index is 0.156. The summed E-state index contributed by atoms with van der Waals surface area (Å²) in [7, 11) is 0. The lowest BCUT2D eigenvalue weighted by Crippen LogP contribution is -2.49. The van der Waals surface area contributed by atoms with E-state index in [-0.39, 0.29) is 5.92 Å². The summed E-state index contributed by atoms with van der Waals surface area (Å²) in [5.41, 5.74) is 14.4. The van der Waals surface area contributed by atoms with Crippen molar-refractivity contribution in [3.05, 3.63) is 57.8 Å². The molecule has 4 N–H and O–H groups in total. The van der Waals surface area contributed by atoms with E-state index in [1.807, 2.05) is 13.0 Å². The maximum Gasteiger partial charge on any atom is 0.0376 e. The Kier molecular flexibility index (Phi) is 3.85. The van der Waals surface area contributed by atoms with Crippen LogP contribution in [0.15, 0.2) is 41.8 Å². The van der Waals surface area contributed by atoms with Crippen molar-refractivity contribution in [2.45, 2.75) is 25.3 Å². The number of benzene rings is 1. The van der Waals surface area contributed by atoms with Crippen molar-refractivity contribution in [3.63, 3.8) is 0 Å². The van der Waals surface area contributed by atoms with Gasteiger partial charge in [-0.1, -0.05) is 30.3 Å². The third-order valence-corrected chi connectivity index (χ3v) is 4.48. The maximum absolute atomic E-state index is 6.43. The fourth-order valence-corrected chi connectivity index (χ4v) is 3.49. The molecule has 0 saturated carbocycles. The minimum atomic E-state index is -0.434. The van der Waals surface area contributed by atoms with Gasteiger partial charge < -0.3 is 11.5 Å². The molecule has 0 bridgehead atoms. The Balaban J connectivity index is 2.52. The van der Waals surface area contributed by atoms with Gasteiger partial charge in [-0.3, -0.25) is 0 Å². The molecule has 0 radical (unpaired) electrons. The summed E-state index contributed by atoms with van der Waals surface area (Å²) >= 11 is 1.76. The van der Waals surface area contributed by atoms with Crippen LogP contribution in [-0.4, -0.2) is 12.1 Å². The van der Waals surface area contributed by atoms with Gasteiger partial charge in [-0.25, -0.2) is 0 Å². The van der Waals surface area contributed by atoms with Crippen molar-refractivity contribution in [3.8, 4) is 0 Å². The Labute approximate surface area is 113 Å². The van der Waals surface area contributed by atoms with E-state index in [2.05, 4.69) is 42.6 Å². The normalized spacial score (nSPS) is 16.2. The molecule has 2 atom stereocenters. The van der Waals surface area contributed by atoms with Crippen LogP contribution in [0.2, 0.25) is 0 Å². The number of aryl methyl sites for hydroxylation is 1. The second-order valence-electron chi connectivity index (χ2n) is 5.02. The Morgan fingerprint density at radius 1 is 1.22 bits per heavy atom. The maximum atomic E-state index is 6.43. The lowest BCUT2D eigenvalue weighted by Gasteiger charge is -2.33. The molecule has 0 aliphatic carbocycles. The van der Waals surface area contributed by atoms with Crippen LogP contribution in [0.5, 0.6) is 0 Å². The minimum Gasteiger partial charge on any atom is -0.329 e. The van der Waals surface area contributed by atoms with Crippen molar-refractivity contribution < 1.29 is 0 Å². The Bertz CT molecular complexity index is 502. The fourth-order valence-electron chi connectivity index (χ4n) is 2.28. The van der Waals surface area contributed by atoms with Crippen LogP contribution >= 0.6 is 11.3 Å². The quantitative estimate of drug-likeness (QED) is 0.888. The number of hydrogen-bond donors (Lipinski definition) is 2. The summed E-state index contributed by atoms with van der Waals surface area (Å²) in [5.74, 6) is 0.156. The van der Waals surface area contributed by atoms with E-state index >= 15 is 0 Å². The molecule has 0 aliphatic rings. The van der Waals surface area contributed by atoms with Crippen molar-refractivity contribution in [2.75, 3.05) is 6.54 Å². The molecule has 0 spiro atoms. The lowest BCUT2D eigenvalue weighted by molar-refractivity contribution is 0.428. The van der Waals surface area contributed by atoms with Gasteiger partial charge in [0.05, 0.1) is 0 Å². The van der Waals surface area contributed by atoms with Gasteiger partial charge in [0.25, 0.3) is 0 Å². The highest BCUT2D eigenvalue weighted by molar-refractivity contribution is 7.10. The largest absolute Gasteiger partial charge is 0.329 e. The molecular weight excluding hydrogens is 240 g/mol. The van der Waals surface area contributed by atoms with E-state index < -0.39 is 5.54 Å². The topological polar surface area (TPSA) is 52.0 Å². The van der Waals surface area contributed by atoms with Gasteiger partial charge in [0.1, 0.15) is 0 Å². The van der Waals surface area contributed by atoms with Crippen LogP contribution in [-0.2, 0) is 0 Å². The molecule has 2 unspecified atom stereocenters. The highest BCUT2D eigenvalue weighted by atomic mass is 32.1. The second kappa shape index (κ2) is 5.22. The van der Waals surface area contributed by atoms with Gasteiger partial charge in [0.15, 0.2) is 0 Å². The lowest BCUT2D eigenvalue weighted by atomic mass is 9.79. The Morgan fingerprint density at radius 2 is 1.89 bits per heavy atom. The first-order chi connectivity index (χ1) is 8.56. The molecule has 2 rings (SSSR count). The predicted octanol–water partition coefficient (Wildman–Crippen LogP) is 2.86. The Hall–Kier alpha value is -1.16. The van der Waals surface area contributed by atoms with E-state index in [1.54, 1.807) is 11.3 Å². The second-order valence-corrected chi connectivity index (χ2v) is 5.97. The molecule has 0 fully saturated rings. The summed E-state index contributed by atoms with van der Waals surface area (Å²) in [5, 5.41) is 2.12. The average Bonchev–Trinajstić information content (AvgIpc) is 2.77. The van der Waals surface area contributed by atoms with Crippen molar-refractivity contribution in [1.82, 2.24) is 0 Å². The first-order valence-corrected chi connectivity index (χ1v) is 7.02. The molecule has 1 heterocycles. The smallest absolute Gasteiger partial charge is 0.0376 e. The molecule has 1 aromatic heterocycles. The van der Waals surface area contributed by atoms with Crippen LogP contribution in [0.4, 0.5) is 0 Å². The predicted molar refractivity (Wildman–Crippen MR) is 79.0 cm³/mol. The number of thiophene rings is 1. The fraction of sp³-hybridized carbons (Fsp3) is 0.333. The van der Waals surface area contributed by atoms with Gasteiger partial charge in [-0.15, -0.1) is 11.3 Å². The van der Waals surface area contributed by atoms with Gasteiger partial charge in [-0.2, -0.15) is 0 Å². The zero-order valence-electron chi connectivity index (χ0n) is 10.9. The summed E-state index contributed by atoms with van der Waals surface area (Å²) in [6, 6.07) is 12.5. The van der Waals surface area contributed by atoms with E-state index in [9.17, 15) is 0 Å². The molecule has 3 heteroatoms. The summed E-state index contributed by atoms with van der Waals surface area (Å²) in [4.78, 5) is 1.32. The summed E-state index contributed by atoms with van der Waals surface area (Å²) < 4.78 is 0. The van der Waals surface area contributed by atoms with Crippen molar-refractivity contribution in [2.24, 2.45) is 11.5 Å². The molecule has 2 nitrogen and oxygen atoms in total. The molecule has 2 aromatic rings. The summed E-state index contributed by atoms with van der Waals surface area (Å²) in [6.07, 6.45) is 0. The van der Waals surface area contributed by atoms with Crippen LogP contribution in [0.3, 0.4) is 0 Å². The number of hydrogen-bond acceptors (Lipinski definition) is 3. The zero-order valence-corrected chi connectivity index (χ0v) is 11.7. The standard InChI is InChI=1S/C15H20N2S/c1-11-8-9-18-14(11)13(15(2,17)10-16)12-6-4-3-5-7-12/h3-9,13H,10,16-17H2,1-2H3. The van der Waals surface area contributed by atoms with E-state index in [0.717, 1.165) is 0 Å². The molecule has 0 saturated heterocycles. The number of nitrogens with two attached hydrogens (primary N) is 2. The molecule has 96 valence electrons. The SMILES string of the molecule is Cc1ccsc1C(c1ccccc1)C(C)(N)CN. The highest BCUT2D eigenvalue weighted by Crippen LogP contribution is 2.37. The monoisotopic (exact) mass is 260 g/mol. The molecule has 1 aromatic carbocycles. The number of rotatable bonds is 4.